The first-order chi connectivity index (χ1) is 10.8. The van der Waals surface area contributed by atoms with Gasteiger partial charge in [0.05, 0.1) is 12.4 Å². The van der Waals surface area contributed by atoms with E-state index in [2.05, 4.69) is 72.1 Å². The van der Waals surface area contributed by atoms with Crippen molar-refractivity contribution in [3.63, 3.8) is 0 Å². The molecular formula is C20H15N2+. The first kappa shape index (κ1) is 11.9. The van der Waals surface area contributed by atoms with Crippen LogP contribution in [0, 0.1) is 6.92 Å². The zero-order valence-electron chi connectivity index (χ0n) is 12.6. The molecular weight excluding hydrogens is 268 g/mol. The summed E-state index contributed by atoms with van der Waals surface area (Å²) in [5, 5.41) is 7.90. The first-order valence-electron chi connectivity index (χ1n) is 7.56. The summed E-state index contributed by atoms with van der Waals surface area (Å²) in [7, 11) is 2.09. The van der Waals surface area contributed by atoms with Gasteiger partial charge in [0.1, 0.15) is 5.52 Å². The van der Waals surface area contributed by atoms with E-state index in [1.807, 2.05) is 6.33 Å². The molecule has 0 atom stereocenters. The highest BCUT2D eigenvalue weighted by Crippen LogP contribution is 2.39. The minimum atomic E-state index is 1.07. The summed E-state index contributed by atoms with van der Waals surface area (Å²) in [6, 6.07) is 17.5. The van der Waals surface area contributed by atoms with Gasteiger partial charge in [-0.05, 0) is 39.7 Å². The molecule has 0 amide bonds. The molecule has 5 rings (SSSR count). The van der Waals surface area contributed by atoms with Gasteiger partial charge in [-0.25, -0.2) is 4.57 Å². The van der Waals surface area contributed by atoms with E-state index < -0.39 is 0 Å². The van der Waals surface area contributed by atoms with Gasteiger partial charge in [0.25, 0.3) is 6.33 Å². The zero-order chi connectivity index (χ0) is 14.8. The van der Waals surface area contributed by atoms with Crippen molar-refractivity contribution in [1.82, 2.24) is 4.98 Å². The fourth-order valence-electron chi connectivity index (χ4n) is 3.82. The number of rotatable bonds is 0. The van der Waals surface area contributed by atoms with Crippen molar-refractivity contribution >= 4 is 43.4 Å². The van der Waals surface area contributed by atoms with Crippen LogP contribution in [0.5, 0.6) is 0 Å². The smallest absolute Gasteiger partial charge is 0.232 e. The molecule has 5 aromatic rings. The van der Waals surface area contributed by atoms with Crippen LogP contribution in [-0.4, -0.2) is 4.98 Å². The van der Waals surface area contributed by atoms with E-state index >= 15 is 0 Å². The zero-order valence-corrected chi connectivity index (χ0v) is 12.6. The number of aromatic nitrogens is 2. The Kier molecular flexibility index (Phi) is 2.11. The highest BCUT2D eigenvalue weighted by Gasteiger charge is 2.19. The van der Waals surface area contributed by atoms with Gasteiger partial charge < -0.3 is 0 Å². The predicted octanol–water partition coefficient (Wildman–Crippen LogP) is 4.27. The Labute approximate surface area is 128 Å². The minimum absolute atomic E-state index is 1.07. The van der Waals surface area contributed by atoms with Gasteiger partial charge in [0.2, 0.25) is 0 Å². The van der Waals surface area contributed by atoms with E-state index in [1.165, 1.54) is 43.4 Å². The second-order valence-corrected chi connectivity index (χ2v) is 6.06. The number of aryl methyl sites for hydroxylation is 2. The monoisotopic (exact) mass is 283 g/mol. The third kappa shape index (κ3) is 1.30. The van der Waals surface area contributed by atoms with Crippen molar-refractivity contribution in [3.8, 4) is 0 Å². The third-order valence-electron chi connectivity index (χ3n) is 4.78. The van der Waals surface area contributed by atoms with Crippen LogP contribution in [0.3, 0.4) is 0 Å². The van der Waals surface area contributed by atoms with Crippen molar-refractivity contribution in [3.05, 3.63) is 60.4 Å². The number of nitrogens with zero attached hydrogens (tertiary/aromatic N) is 2. The minimum Gasteiger partial charge on any atom is -0.232 e. The molecule has 0 bridgehead atoms. The summed E-state index contributed by atoms with van der Waals surface area (Å²) in [5.41, 5.74) is 3.66. The van der Waals surface area contributed by atoms with Crippen LogP contribution in [0.2, 0.25) is 0 Å². The Morgan fingerprint density at radius 1 is 0.818 bits per heavy atom. The molecule has 0 saturated heterocycles. The molecule has 0 N–H and O–H groups in total. The number of hydrogen-bond acceptors (Lipinski definition) is 1. The highest BCUT2D eigenvalue weighted by molar-refractivity contribution is 6.31. The second kappa shape index (κ2) is 3.92. The van der Waals surface area contributed by atoms with Crippen LogP contribution in [0.25, 0.3) is 43.4 Å². The van der Waals surface area contributed by atoms with E-state index in [1.54, 1.807) is 0 Å². The maximum absolute atomic E-state index is 4.61. The molecule has 0 fully saturated rings. The molecule has 2 nitrogen and oxygen atoms in total. The SMILES string of the molecule is Cc1ccc2cccc3c4cccc5nc[n+](C)c(c1c23)c54. The fourth-order valence-corrected chi connectivity index (χ4v) is 3.82. The number of fused-ring (bicyclic) bond motifs is 2. The van der Waals surface area contributed by atoms with Gasteiger partial charge in [-0.1, -0.05) is 42.5 Å². The van der Waals surface area contributed by atoms with Crippen LogP contribution in [0.4, 0.5) is 0 Å². The highest BCUT2D eigenvalue weighted by atomic mass is 15.0. The van der Waals surface area contributed by atoms with Crippen LogP contribution >= 0.6 is 0 Å². The van der Waals surface area contributed by atoms with E-state index in [0.717, 1.165) is 5.52 Å². The summed E-state index contributed by atoms with van der Waals surface area (Å²) < 4.78 is 2.16. The maximum Gasteiger partial charge on any atom is 0.287 e. The predicted molar refractivity (Wildman–Crippen MR) is 91.4 cm³/mol. The first-order valence-corrected chi connectivity index (χ1v) is 7.56. The fraction of sp³-hybridized carbons (Fsp3) is 0.100. The average Bonchev–Trinajstić information content (AvgIpc) is 2.55. The third-order valence-corrected chi connectivity index (χ3v) is 4.78. The number of hydrogen-bond donors (Lipinski definition) is 0. The van der Waals surface area contributed by atoms with Crippen molar-refractivity contribution in [2.45, 2.75) is 6.92 Å². The summed E-state index contributed by atoms with van der Waals surface area (Å²) in [5.74, 6) is 0. The molecule has 0 saturated carbocycles. The van der Waals surface area contributed by atoms with Gasteiger partial charge in [0.15, 0.2) is 5.52 Å². The normalized spacial score (nSPS) is 12.1. The number of benzene rings is 4. The van der Waals surface area contributed by atoms with Crippen LogP contribution in [0.15, 0.2) is 54.9 Å². The van der Waals surface area contributed by atoms with E-state index in [9.17, 15) is 0 Å². The van der Waals surface area contributed by atoms with Crippen LogP contribution in [-0.2, 0) is 7.05 Å². The summed E-state index contributed by atoms with van der Waals surface area (Å²) in [4.78, 5) is 4.61. The Hall–Kier alpha value is -2.74. The van der Waals surface area contributed by atoms with E-state index in [-0.39, 0.29) is 0 Å². The molecule has 0 aliphatic carbocycles. The maximum atomic E-state index is 4.61. The lowest BCUT2D eigenvalue weighted by molar-refractivity contribution is -0.646. The topological polar surface area (TPSA) is 16.8 Å². The Bertz CT molecular complexity index is 1090. The van der Waals surface area contributed by atoms with Gasteiger partial charge in [-0.15, -0.1) is 0 Å². The molecule has 1 heterocycles. The molecule has 2 heteroatoms. The van der Waals surface area contributed by atoms with Crippen LogP contribution < -0.4 is 4.57 Å². The summed E-state index contributed by atoms with van der Waals surface area (Å²) in [6.45, 7) is 2.20. The van der Waals surface area contributed by atoms with Crippen molar-refractivity contribution in [2.24, 2.45) is 7.05 Å². The Morgan fingerprint density at radius 2 is 1.59 bits per heavy atom. The lowest BCUT2D eigenvalue weighted by atomic mass is 9.91. The van der Waals surface area contributed by atoms with Gasteiger partial charge in [-0.3, -0.25) is 0 Å². The molecule has 22 heavy (non-hydrogen) atoms. The van der Waals surface area contributed by atoms with Crippen molar-refractivity contribution in [2.75, 3.05) is 0 Å². The standard InChI is InChI=1S/C20H15N2/c1-12-9-10-13-5-3-6-14-15-7-4-8-16-19(15)20(17(12)18(13)14)22(2)11-21-16/h3-11H,1-2H3/q+1. The molecule has 0 spiro atoms. The molecule has 0 radical (unpaired) electrons. The molecule has 0 unspecified atom stereocenters. The quantitative estimate of drug-likeness (QED) is 0.236. The Balaban J connectivity index is 2.34. The summed E-state index contributed by atoms with van der Waals surface area (Å²) >= 11 is 0. The van der Waals surface area contributed by atoms with Crippen molar-refractivity contribution in [1.29, 1.82) is 0 Å². The lowest BCUT2D eigenvalue weighted by Crippen LogP contribution is -2.29. The lowest BCUT2D eigenvalue weighted by Gasteiger charge is -2.14. The van der Waals surface area contributed by atoms with Crippen LogP contribution in [0.1, 0.15) is 5.56 Å². The Morgan fingerprint density at radius 3 is 2.45 bits per heavy atom. The average molecular weight is 283 g/mol. The second-order valence-electron chi connectivity index (χ2n) is 6.06. The van der Waals surface area contributed by atoms with E-state index in [4.69, 9.17) is 0 Å². The van der Waals surface area contributed by atoms with Crippen molar-refractivity contribution < 1.29 is 4.57 Å². The molecule has 1 aromatic heterocycles. The van der Waals surface area contributed by atoms with Gasteiger partial charge >= 0.3 is 0 Å². The molecule has 104 valence electrons. The summed E-state index contributed by atoms with van der Waals surface area (Å²) in [6.07, 6.45) is 1.92. The molecule has 0 aliphatic rings. The van der Waals surface area contributed by atoms with E-state index in [0.29, 0.717) is 0 Å². The largest absolute Gasteiger partial charge is 0.287 e. The van der Waals surface area contributed by atoms with Gasteiger partial charge in [0, 0.05) is 10.8 Å². The van der Waals surface area contributed by atoms with Gasteiger partial charge in [-0.2, -0.15) is 0 Å². The molecule has 4 aromatic carbocycles. The molecule has 0 aliphatic heterocycles.